The quantitative estimate of drug-likeness (QED) is 0.568. The van der Waals surface area contributed by atoms with Gasteiger partial charge >= 0.3 is 0 Å². The Balaban J connectivity index is 1.23. The number of rotatable bonds is 5. The summed E-state index contributed by atoms with van der Waals surface area (Å²) in [5.74, 6) is 2.30. The first-order valence-electron chi connectivity index (χ1n) is 10.5. The predicted octanol–water partition coefficient (Wildman–Crippen LogP) is 1.52. The molecule has 3 amide bonds. The normalized spacial score (nSPS) is 24.9. The molecule has 0 bridgehead atoms. The number of aromatic nitrogens is 2. The molecule has 1 aromatic carbocycles. The van der Waals surface area contributed by atoms with E-state index >= 15 is 0 Å². The molecule has 1 saturated carbocycles. The van der Waals surface area contributed by atoms with Crippen molar-refractivity contribution in [3.63, 3.8) is 0 Å². The van der Waals surface area contributed by atoms with Crippen LogP contribution in [-0.4, -0.2) is 44.5 Å². The topological polar surface area (TPSA) is 96.3 Å². The molecular formula is C23H23N5O3. The van der Waals surface area contributed by atoms with Crippen LogP contribution in [0.2, 0.25) is 0 Å². The minimum absolute atomic E-state index is 0.150. The summed E-state index contributed by atoms with van der Waals surface area (Å²) in [7, 11) is 0. The molecule has 2 aliphatic heterocycles. The van der Waals surface area contributed by atoms with Crippen LogP contribution in [0.5, 0.6) is 0 Å². The van der Waals surface area contributed by atoms with Crippen LogP contribution in [0.15, 0.2) is 30.6 Å². The van der Waals surface area contributed by atoms with Crippen LogP contribution < -0.4 is 10.6 Å². The molecule has 31 heavy (non-hydrogen) atoms. The number of hydrogen-bond acceptors (Lipinski definition) is 5. The number of carbonyl (C=O) groups excluding carboxylic acids is 3. The lowest BCUT2D eigenvalue weighted by molar-refractivity contribution is -0.136. The maximum absolute atomic E-state index is 12.9. The summed E-state index contributed by atoms with van der Waals surface area (Å²) in [5.41, 5.74) is 3.28. The van der Waals surface area contributed by atoms with Crippen molar-refractivity contribution in [2.45, 2.75) is 50.9 Å². The Kier molecular flexibility index (Phi) is 4.74. The van der Waals surface area contributed by atoms with Gasteiger partial charge in [-0.15, -0.1) is 6.42 Å². The van der Waals surface area contributed by atoms with Crippen molar-refractivity contribution in [2.24, 2.45) is 5.92 Å². The van der Waals surface area contributed by atoms with Gasteiger partial charge in [0.05, 0.1) is 11.8 Å². The van der Waals surface area contributed by atoms with E-state index < -0.39 is 6.04 Å². The standard InChI is InChI=1S/C23H23N5O3/c1-2-14-10-24-27(11-14)12-15-8-16(9-15)25-19-5-3-4-17-18(19)13-28(23(17)31)20-6-7-21(29)26-22(20)30/h1,3-5,10-11,15-16,20,25H,6-9,12-13H2,(H,26,29,30). The summed E-state index contributed by atoms with van der Waals surface area (Å²) in [6.45, 7) is 1.22. The summed E-state index contributed by atoms with van der Waals surface area (Å²) < 4.78 is 1.90. The molecule has 1 unspecified atom stereocenters. The van der Waals surface area contributed by atoms with Crippen LogP contribution in [0.4, 0.5) is 5.69 Å². The molecule has 1 saturated heterocycles. The summed E-state index contributed by atoms with van der Waals surface area (Å²) in [6, 6.07) is 5.40. The van der Waals surface area contributed by atoms with Gasteiger partial charge in [0.1, 0.15) is 6.04 Å². The van der Waals surface area contributed by atoms with E-state index in [4.69, 9.17) is 6.42 Å². The van der Waals surface area contributed by atoms with Crippen molar-refractivity contribution in [2.75, 3.05) is 5.32 Å². The second-order valence-electron chi connectivity index (χ2n) is 8.51. The Morgan fingerprint density at radius 1 is 1.26 bits per heavy atom. The zero-order valence-corrected chi connectivity index (χ0v) is 17.0. The maximum Gasteiger partial charge on any atom is 0.255 e. The molecule has 0 spiro atoms. The molecule has 8 nitrogen and oxygen atoms in total. The van der Waals surface area contributed by atoms with Gasteiger partial charge in [0.15, 0.2) is 0 Å². The van der Waals surface area contributed by atoms with Crippen molar-refractivity contribution in [1.82, 2.24) is 20.0 Å². The lowest BCUT2D eigenvalue weighted by Crippen LogP contribution is -2.52. The molecular weight excluding hydrogens is 394 g/mol. The maximum atomic E-state index is 12.9. The van der Waals surface area contributed by atoms with Crippen LogP contribution >= 0.6 is 0 Å². The van der Waals surface area contributed by atoms with Crippen LogP contribution in [0.3, 0.4) is 0 Å². The number of anilines is 1. The fourth-order valence-electron chi connectivity index (χ4n) is 4.75. The highest BCUT2D eigenvalue weighted by molar-refractivity contribution is 6.06. The van der Waals surface area contributed by atoms with E-state index in [0.717, 1.165) is 36.2 Å². The summed E-state index contributed by atoms with van der Waals surface area (Å²) >= 11 is 0. The first-order valence-corrected chi connectivity index (χ1v) is 10.5. The second kappa shape index (κ2) is 7.58. The largest absolute Gasteiger partial charge is 0.382 e. The Hall–Kier alpha value is -3.60. The van der Waals surface area contributed by atoms with Gasteiger partial charge in [-0.3, -0.25) is 24.4 Å². The van der Waals surface area contributed by atoms with Crippen molar-refractivity contribution >= 4 is 23.4 Å². The SMILES string of the molecule is C#Cc1cnn(CC2CC(Nc3cccc4c3CN(C3CCC(=O)NC3=O)C4=O)C2)c1. The molecule has 8 heteroatoms. The number of nitrogens with one attached hydrogen (secondary N) is 2. The van der Waals surface area contributed by atoms with E-state index in [-0.39, 0.29) is 24.1 Å². The molecule has 5 rings (SSSR count). The van der Waals surface area contributed by atoms with Crippen molar-refractivity contribution in [3.8, 4) is 12.3 Å². The average molecular weight is 417 g/mol. The smallest absolute Gasteiger partial charge is 0.255 e. The number of terminal acetylenes is 1. The lowest BCUT2D eigenvalue weighted by Gasteiger charge is -2.37. The highest BCUT2D eigenvalue weighted by Gasteiger charge is 2.40. The average Bonchev–Trinajstić information content (AvgIpc) is 3.31. The molecule has 1 aromatic heterocycles. The van der Waals surface area contributed by atoms with Crippen LogP contribution in [0.1, 0.15) is 47.2 Å². The van der Waals surface area contributed by atoms with E-state index in [2.05, 4.69) is 21.7 Å². The lowest BCUT2D eigenvalue weighted by atomic mass is 9.80. The third kappa shape index (κ3) is 3.56. The number of hydrogen-bond donors (Lipinski definition) is 2. The minimum atomic E-state index is -0.597. The van der Waals surface area contributed by atoms with Gasteiger partial charge in [-0.25, -0.2) is 0 Å². The second-order valence-corrected chi connectivity index (χ2v) is 8.51. The molecule has 2 fully saturated rings. The summed E-state index contributed by atoms with van der Waals surface area (Å²) in [5, 5.41) is 10.2. The number of piperidine rings is 1. The van der Waals surface area contributed by atoms with E-state index in [1.165, 1.54) is 0 Å². The number of amides is 3. The van der Waals surface area contributed by atoms with Crippen molar-refractivity contribution < 1.29 is 14.4 Å². The number of nitrogens with zero attached hydrogens (tertiary/aromatic N) is 3. The Bertz CT molecular complexity index is 1110. The van der Waals surface area contributed by atoms with E-state index in [1.807, 2.05) is 23.0 Å². The van der Waals surface area contributed by atoms with Crippen LogP contribution in [0, 0.1) is 18.3 Å². The predicted molar refractivity (Wildman–Crippen MR) is 113 cm³/mol. The molecule has 3 aliphatic rings. The van der Waals surface area contributed by atoms with Gasteiger partial charge in [-0.1, -0.05) is 12.0 Å². The fraction of sp³-hybridized carbons (Fsp3) is 0.391. The third-order valence-corrected chi connectivity index (χ3v) is 6.42. The number of carbonyl (C=O) groups is 3. The first kappa shape index (κ1) is 19.4. The van der Waals surface area contributed by atoms with Gasteiger partial charge in [0.25, 0.3) is 5.91 Å². The Morgan fingerprint density at radius 2 is 2.10 bits per heavy atom. The molecule has 0 radical (unpaired) electrons. The molecule has 3 heterocycles. The minimum Gasteiger partial charge on any atom is -0.382 e. The van der Waals surface area contributed by atoms with Gasteiger partial charge in [0.2, 0.25) is 11.8 Å². The Labute approximate surface area is 180 Å². The highest BCUT2D eigenvalue weighted by Crippen LogP contribution is 2.36. The molecule has 2 N–H and O–H groups in total. The van der Waals surface area contributed by atoms with Crippen LogP contribution in [-0.2, 0) is 22.7 Å². The number of fused-ring (bicyclic) bond motifs is 1. The number of benzene rings is 1. The zero-order chi connectivity index (χ0) is 21.5. The van der Waals surface area contributed by atoms with Gasteiger partial charge < -0.3 is 10.2 Å². The molecule has 1 aliphatic carbocycles. The number of imide groups is 1. The summed E-state index contributed by atoms with van der Waals surface area (Å²) in [6.07, 6.45) is 11.6. The summed E-state index contributed by atoms with van der Waals surface area (Å²) in [4.78, 5) is 38.2. The van der Waals surface area contributed by atoms with Gasteiger partial charge in [0, 0.05) is 48.6 Å². The molecule has 158 valence electrons. The third-order valence-electron chi connectivity index (χ3n) is 6.42. The molecule has 2 aromatic rings. The van der Waals surface area contributed by atoms with Crippen LogP contribution in [0.25, 0.3) is 0 Å². The fourth-order valence-corrected chi connectivity index (χ4v) is 4.75. The Morgan fingerprint density at radius 3 is 2.84 bits per heavy atom. The monoisotopic (exact) mass is 417 g/mol. The molecule has 1 atom stereocenters. The van der Waals surface area contributed by atoms with Gasteiger partial charge in [-0.05, 0) is 37.3 Å². The van der Waals surface area contributed by atoms with Gasteiger partial charge in [-0.2, -0.15) is 5.10 Å². The van der Waals surface area contributed by atoms with Crippen molar-refractivity contribution in [1.29, 1.82) is 0 Å². The van der Waals surface area contributed by atoms with E-state index in [9.17, 15) is 14.4 Å². The first-order chi connectivity index (χ1) is 15.0. The van der Waals surface area contributed by atoms with E-state index in [1.54, 1.807) is 17.2 Å². The van der Waals surface area contributed by atoms with Crippen molar-refractivity contribution in [3.05, 3.63) is 47.3 Å². The zero-order valence-electron chi connectivity index (χ0n) is 17.0. The van der Waals surface area contributed by atoms with E-state index in [0.29, 0.717) is 30.5 Å². The highest BCUT2D eigenvalue weighted by atomic mass is 16.2.